The molecule has 4 heteroatoms. The van der Waals surface area contributed by atoms with Crippen molar-refractivity contribution in [3.05, 3.63) is 88.0 Å². The Balaban J connectivity index is 1.61. The molecule has 0 amide bonds. The molecule has 3 aromatic rings. The van der Waals surface area contributed by atoms with E-state index in [0.29, 0.717) is 0 Å². The monoisotopic (exact) mass is 371 g/mol. The van der Waals surface area contributed by atoms with E-state index in [0.717, 1.165) is 33.9 Å². The fourth-order valence-electron chi connectivity index (χ4n) is 4.49. The molecule has 28 heavy (non-hydrogen) atoms. The van der Waals surface area contributed by atoms with Gasteiger partial charge in [-0.3, -0.25) is 0 Å². The van der Waals surface area contributed by atoms with Crippen LogP contribution in [0.25, 0.3) is 0 Å². The quantitative estimate of drug-likeness (QED) is 0.523. The van der Waals surface area contributed by atoms with Gasteiger partial charge in [-0.1, -0.05) is 34.9 Å². The summed E-state index contributed by atoms with van der Waals surface area (Å²) in [6, 6.07) is 18.9. The largest absolute Gasteiger partial charge is 0.470 e. The van der Waals surface area contributed by atoms with E-state index in [4.69, 9.17) is 14.2 Å². The van der Waals surface area contributed by atoms with Crippen molar-refractivity contribution in [3.63, 3.8) is 0 Å². The van der Waals surface area contributed by atoms with Gasteiger partial charge in [-0.15, -0.1) is 0 Å². The summed E-state index contributed by atoms with van der Waals surface area (Å²) in [5.41, 5.74) is 6.70. The van der Waals surface area contributed by atoms with Crippen molar-refractivity contribution in [1.82, 2.24) is 4.90 Å². The molecule has 0 saturated carbocycles. The van der Waals surface area contributed by atoms with E-state index in [9.17, 15) is 0 Å². The molecular formula is C24H21NO3. The van der Waals surface area contributed by atoms with Crippen LogP contribution in [-0.4, -0.2) is 4.90 Å². The molecule has 0 aliphatic carbocycles. The third-order valence-corrected chi connectivity index (χ3v) is 5.82. The fraction of sp³-hybridized carbons (Fsp3) is 0.250. The third kappa shape index (κ3) is 2.15. The third-order valence-electron chi connectivity index (χ3n) is 5.82. The van der Waals surface area contributed by atoms with Crippen LogP contribution in [0, 0.1) is 20.8 Å². The maximum atomic E-state index is 6.52. The minimum absolute atomic E-state index is 0.248. The summed E-state index contributed by atoms with van der Waals surface area (Å²) in [7, 11) is 0. The molecule has 0 bridgehead atoms. The minimum atomic E-state index is -0.248. The molecule has 0 unspecified atom stereocenters. The Bertz CT molecular complexity index is 981. The Kier molecular flexibility index (Phi) is 3.16. The van der Waals surface area contributed by atoms with Crippen molar-refractivity contribution in [3.8, 4) is 17.2 Å². The molecule has 0 fully saturated rings. The van der Waals surface area contributed by atoms with Crippen LogP contribution in [0.5, 0.6) is 17.2 Å². The highest BCUT2D eigenvalue weighted by atomic mass is 16.6. The maximum Gasteiger partial charge on any atom is 0.188 e. The van der Waals surface area contributed by atoms with E-state index in [1.807, 2.05) is 0 Å². The Morgan fingerprint density at radius 2 is 0.857 bits per heavy atom. The Morgan fingerprint density at radius 3 is 1.18 bits per heavy atom. The van der Waals surface area contributed by atoms with Crippen molar-refractivity contribution in [1.29, 1.82) is 0 Å². The van der Waals surface area contributed by atoms with E-state index in [2.05, 4.69) is 80.3 Å². The van der Waals surface area contributed by atoms with Gasteiger partial charge in [0.15, 0.2) is 18.7 Å². The molecule has 6 rings (SSSR count). The van der Waals surface area contributed by atoms with E-state index in [1.54, 1.807) is 0 Å². The van der Waals surface area contributed by atoms with Gasteiger partial charge in [-0.05, 0) is 57.2 Å². The maximum absolute atomic E-state index is 6.52. The first-order valence-corrected chi connectivity index (χ1v) is 9.67. The molecule has 3 heterocycles. The van der Waals surface area contributed by atoms with Gasteiger partial charge in [0.05, 0.1) is 16.7 Å². The molecular weight excluding hydrogens is 350 g/mol. The Hall–Kier alpha value is -2.98. The van der Waals surface area contributed by atoms with Crippen molar-refractivity contribution in [2.24, 2.45) is 0 Å². The number of aryl methyl sites for hydroxylation is 3. The highest BCUT2D eigenvalue weighted by molar-refractivity contribution is 5.50. The number of rotatable bonds is 0. The first-order chi connectivity index (χ1) is 13.6. The second-order valence-corrected chi connectivity index (χ2v) is 7.98. The summed E-state index contributed by atoms with van der Waals surface area (Å²) in [6.45, 7) is 6.28. The van der Waals surface area contributed by atoms with Gasteiger partial charge in [0, 0.05) is 0 Å². The summed E-state index contributed by atoms with van der Waals surface area (Å²) >= 11 is 0. The highest BCUT2D eigenvalue weighted by Gasteiger charge is 2.51. The summed E-state index contributed by atoms with van der Waals surface area (Å²) in [6.07, 6.45) is -0.743. The Labute approximate surface area is 164 Å². The fourth-order valence-corrected chi connectivity index (χ4v) is 4.49. The summed E-state index contributed by atoms with van der Waals surface area (Å²) in [5.74, 6) is 2.63. The van der Waals surface area contributed by atoms with Crippen molar-refractivity contribution in [2.75, 3.05) is 0 Å². The van der Waals surface area contributed by atoms with Crippen LogP contribution in [-0.2, 0) is 0 Å². The lowest BCUT2D eigenvalue weighted by molar-refractivity contribution is -0.202. The van der Waals surface area contributed by atoms with Gasteiger partial charge < -0.3 is 14.2 Å². The first kappa shape index (κ1) is 16.0. The van der Waals surface area contributed by atoms with E-state index in [1.165, 1.54) is 16.7 Å². The first-order valence-electron chi connectivity index (χ1n) is 9.67. The molecule has 0 radical (unpaired) electrons. The lowest BCUT2D eigenvalue weighted by Crippen LogP contribution is -2.50. The second kappa shape index (κ2) is 5.52. The smallest absolute Gasteiger partial charge is 0.188 e. The Morgan fingerprint density at radius 1 is 0.536 bits per heavy atom. The van der Waals surface area contributed by atoms with Crippen LogP contribution in [0.3, 0.4) is 0 Å². The molecule has 140 valence electrons. The van der Waals surface area contributed by atoms with Gasteiger partial charge in [0.2, 0.25) is 0 Å². The zero-order chi connectivity index (χ0) is 19.0. The van der Waals surface area contributed by atoms with Crippen LogP contribution in [0.1, 0.15) is 52.1 Å². The molecule has 3 atom stereocenters. The van der Waals surface area contributed by atoms with E-state index in [-0.39, 0.29) is 18.7 Å². The number of nitrogens with zero attached hydrogens (tertiary/aromatic N) is 1. The number of hydrogen-bond donors (Lipinski definition) is 0. The van der Waals surface area contributed by atoms with Crippen molar-refractivity contribution < 1.29 is 14.2 Å². The van der Waals surface area contributed by atoms with Gasteiger partial charge in [0.1, 0.15) is 17.2 Å². The molecule has 3 aliphatic heterocycles. The second-order valence-electron chi connectivity index (χ2n) is 7.98. The molecule has 0 saturated heterocycles. The topological polar surface area (TPSA) is 30.9 Å². The lowest BCUT2D eigenvalue weighted by Gasteiger charge is -2.51. The number of fused-ring (bicyclic) bond motifs is 6. The lowest BCUT2D eigenvalue weighted by atomic mass is 9.96. The van der Waals surface area contributed by atoms with Gasteiger partial charge in [-0.25, -0.2) is 0 Å². The highest BCUT2D eigenvalue weighted by Crippen LogP contribution is 2.56. The predicted octanol–water partition coefficient (Wildman–Crippen LogP) is 5.49. The molecule has 0 aromatic heterocycles. The minimum Gasteiger partial charge on any atom is -0.470 e. The van der Waals surface area contributed by atoms with Gasteiger partial charge in [0.25, 0.3) is 0 Å². The zero-order valence-corrected chi connectivity index (χ0v) is 16.1. The van der Waals surface area contributed by atoms with Crippen LogP contribution in [0.15, 0.2) is 54.6 Å². The van der Waals surface area contributed by atoms with Crippen LogP contribution < -0.4 is 14.2 Å². The molecule has 0 spiro atoms. The molecule has 3 aromatic carbocycles. The molecule has 4 nitrogen and oxygen atoms in total. The average Bonchev–Trinajstić information content (AvgIpc) is 2.69. The standard InChI is InChI=1S/C24H21NO3/c1-13-4-7-19-16(10-13)22-25-23(26-19)18-12-15(3)6-9-21(18)28-24(25)17-11-14(2)5-8-20(17)27-22/h4-12,22-24H,1-3H3/t22-,23-,24-/m1/s1. The predicted molar refractivity (Wildman–Crippen MR) is 105 cm³/mol. The van der Waals surface area contributed by atoms with E-state index >= 15 is 0 Å². The van der Waals surface area contributed by atoms with Gasteiger partial charge in [-0.2, -0.15) is 4.90 Å². The number of ether oxygens (including phenoxy) is 3. The molecule has 0 N–H and O–H groups in total. The molecule has 3 aliphatic rings. The number of benzene rings is 3. The van der Waals surface area contributed by atoms with Crippen LogP contribution >= 0.6 is 0 Å². The SMILES string of the molecule is Cc1ccc2c(c1)[C@H]1Oc3ccc(C)cc3[C@H]3Oc4ccc(C)cc4[C@@H](O2)N13. The summed E-state index contributed by atoms with van der Waals surface area (Å²) in [4.78, 5) is 2.21. The summed E-state index contributed by atoms with van der Waals surface area (Å²) in [5, 5.41) is 0. The van der Waals surface area contributed by atoms with Crippen LogP contribution in [0.4, 0.5) is 0 Å². The van der Waals surface area contributed by atoms with E-state index < -0.39 is 0 Å². The van der Waals surface area contributed by atoms with Crippen LogP contribution in [0.2, 0.25) is 0 Å². The van der Waals surface area contributed by atoms with Crippen molar-refractivity contribution in [2.45, 2.75) is 39.5 Å². The zero-order valence-electron chi connectivity index (χ0n) is 16.1. The normalized spacial score (nSPS) is 23.9. The number of hydrogen-bond acceptors (Lipinski definition) is 4. The van der Waals surface area contributed by atoms with Gasteiger partial charge >= 0.3 is 0 Å². The summed E-state index contributed by atoms with van der Waals surface area (Å²) < 4.78 is 19.6. The van der Waals surface area contributed by atoms with Crippen molar-refractivity contribution >= 4 is 0 Å². The average molecular weight is 371 g/mol.